The Bertz CT molecular complexity index is 390. The van der Waals surface area contributed by atoms with E-state index in [2.05, 4.69) is 10.3 Å². The lowest BCUT2D eigenvalue weighted by Crippen LogP contribution is -2.35. The van der Waals surface area contributed by atoms with Gasteiger partial charge in [-0.15, -0.1) is 0 Å². The molecule has 17 heavy (non-hydrogen) atoms. The number of pyridine rings is 1. The smallest absolute Gasteiger partial charge is 0.394 e. The number of carbonyl (C=O) groups excluding carboxylic acids is 1. The van der Waals surface area contributed by atoms with Crippen molar-refractivity contribution in [3.05, 3.63) is 29.6 Å². The monoisotopic (exact) mass is 248 g/mol. The number of aliphatic hydroxyl groups excluding tert-OH is 1. The van der Waals surface area contributed by atoms with Gasteiger partial charge in [0, 0.05) is 12.2 Å². The molecule has 1 amide bonds. The summed E-state index contributed by atoms with van der Waals surface area (Å²) in [4.78, 5) is 14.6. The Labute approximate surface area is 95.5 Å². The van der Waals surface area contributed by atoms with Crippen molar-refractivity contribution >= 4 is 5.91 Å². The summed E-state index contributed by atoms with van der Waals surface area (Å²) in [7, 11) is 0. The fraction of sp³-hybridized carbons (Fsp3) is 0.400. The van der Waals surface area contributed by atoms with Crippen LogP contribution in [0.15, 0.2) is 18.3 Å². The topological polar surface area (TPSA) is 62.2 Å². The summed E-state index contributed by atoms with van der Waals surface area (Å²) >= 11 is 0. The number of hydrogen-bond donors (Lipinski definition) is 2. The molecule has 1 heterocycles. The third-order valence-corrected chi connectivity index (χ3v) is 1.97. The number of carbonyl (C=O) groups is 1. The standard InChI is InChI=1S/C10H11F3N2O2/c1-6(5-16)15-9(17)7-2-3-8(14-4-7)10(11,12)13/h2-4,6,16H,5H2,1H3,(H,15,17)/t6-/m0/s1. The second-order valence-electron chi connectivity index (χ2n) is 3.49. The van der Waals surface area contributed by atoms with Crippen molar-refractivity contribution < 1.29 is 23.1 Å². The van der Waals surface area contributed by atoms with Crippen LogP contribution in [0.2, 0.25) is 0 Å². The van der Waals surface area contributed by atoms with Crippen molar-refractivity contribution in [2.75, 3.05) is 6.61 Å². The number of aromatic nitrogens is 1. The van der Waals surface area contributed by atoms with Gasteiger partial charge >= 0.3 is 6.18 Å². The molecule has 0 unspecified atom stereocenters. The molecule has 0 radical (unpaired) electrons. The molecule has 1 aromatic heterocycles. The van der Waals surface area contributed by atoms with Gasteiger partial charge in [0.05, 0.1) is 12.2 Å². The molecular weight excluding hydrogens is 237 g/mol. The van der Waals surface area contributed by atoms with E-state index in [1.54, 1.807) is 6.92 Å². The van der Waals surface area contributed by atoms with E-state index in [0.717, 1.165) is 18.3 Å². The first kappa shape index (κ1) is 13.4. The molecule has 0 aliphatic carbocycles. The number of amides is 1. The first-order chi connectivity index (χ1) is 7.84. The van der Waals surface area contributed by atoms with Gasteiger partial charge in [0.2, 0.25) is 0 Å². The number of halogens is 3. The minimum absolute atomic E-state index is 0.0123. The van der Waals surface area contributed by atoms with Crippen molar-refractivity contribution in [3.63, 3.8) is 0 Å². The molecule has 4 nitrogen and oxygen atoms in total. The Kier molecular flexibility index (Phi) is 4.06. The molecule has 94 valence electrons. The average Bonchev–Trinajstić information content (AvgIpc) is 2.27. The van der Waals surface area contributed by atoms with Crippen molar-refractivity contribution in [1.82, 2.24) is 10.3 Å². The molecular formula is C10H11F3N2O2. The minimum Gasteiger partial charge on any atom is -0.394 e. The zero-order valence-electron chi connectivity index (χ0n) is 8.95. The maximum atomic E-state index is 12.2. The van der Waals surface area contributed by atoms with Gasteiger partial charge in [-0.25, -0.2) is 0 Å². The highest BCUT2D eigenvalue weighted by Crippen LogP contribution is 2.27. The fourth-order valence-corrected chi connectivity index (χ4v) is 1.05. The molecule has 0 saturated carbocycles. The number of nitrogens with zero attached hydrogens (tertiary/aromatic N) is 1. The first-order valence-corrected chi connectivity index (χ1v) is 4.79. The highest BCUT2D eigenvalue weighted by Gasteiger charge is 2.32. The molecule has 0 bridgehead atoms. The number of alkyl halides is 3. The van der Waals surface area contributed by atoms with Crippen molar-refractivity contribution in [1.29, 1.82) is 0 Å². The lowest BCUT2D eigenvalue weighted by molar-refractivity contribution is -0.141. The average molecular weight is 248 g/mol. The van der Waals surface area contributed by atoms with E-state index in [1.807, 2.05) is 0 Å². The van der Waals surface area contributed by atoms with Crippen LogP contribution in [-0.4, -0.2) is 28.6 Å². The van der Waals surface area contributed by atoms with Crippen LogP contribution in [0.5, 0.6) is 0 Å². The molecule has 1 rings (SSSR count). The van der Waals surface area contributed by atoms with Gasteiger partial charge in [0.1, 0.15) is 5.69 Å². The van der Waals surface area contributed by atoms with Crippen LogP contribution >= 0.6 is 0 Å². The zero-order valence-corrected chi connectivity index (χ0v) is 8.95. The molecule has 7 heteroatoms. The molecule has 1 atom stereocenters. The molecule has 0 saturated heterocycles. The van der Waals surface area contributed by atoms with E-state index in [9.17, 15) is 18.0 Å². The highest BCUT2D eigenvalue weighted by atomic mass is 19.4. The van der Waals surface area contributed by atoms with E-state index < -0.39 is 23.8 Å². The molecule has 1 aromatic rings. The SMILES string of the molecule is C[C@@H](CO)NC(=O)c1ccc(C(F)(F)F)nc1. The Morgan fingerprint density at radius 3 is 2.59 bits per heavy atom. The number of rotatable bonds is 3. The summed E-state index contributed by atoms with van der Waals surface area (Å²) in [6, 6.07) is 1.30. The fourth-order valence-electron chi connectivity index (χ4n) is 1.05. The van der Waals surface area contributed by atoms with E-state index in [1.165, 1.54) is 0 Å². The van der Waals surface area contributed by atoms with Crippen LogP contribution in [0.1, 0.15) is 23.0 Å². The van der Waals surface area contributed by atoms with E-state index in [0.29, 0.717) is 0 Å². The summed E-state index contributed by atoms with van der Waals surface area (Å²) in [6.45, 7) is 1.31. The molecule has 0 aliphatic rings. The molecule has 0 aromatic carbocycles. The van der Waals surface area contributed by atoms with Crippen LogP contribution in [0, 0.1) is 0 Å². The predicted molar refractivity (Wildman–Crippen MR) is 53.3 cm³/mol. The maximum absolute atomic E-state index is 12.2. The van der Waals surface area contributed by atoms with Crippen molar-refractivity contribution in [2.45, 2.75) is 19.1 Å². The number of aliphatic hydroxyl groups is 1. The number of hydrogen-bond acceptors (Lipinski definition) is 3. The second-order valence-corrected chi connectivity index (χ2v) is 3.49. The van der Waals surface area contributed by atoms with E-state index in [-0.39, 0.29) is 12.2 Å². The van der Waals surface area contributed by atoms with Crippen LogP contribution in [0.25, 0.3) is 0 Å². The van der Waals surface area contributed by atoms with Crippen molar-refractivity contribution in [2.24, 2.45) is 0 Å². The second kappa shape index (κ2) is 5.13. The third kappa shape index (κ3) is 3.70. The normalized spacial score (nSPS) is 13.2. The summed E-state index contributed by atoms with van der Waals surface area (Å²) in [5, 5.41) is 11.1. The van der Waals surface area contributed by atoms with Gasteiger partial charge in [0.25, 0.3) is 5.91 Å². The first-order valence-electron chi connectivity index (χ1n) is 4.79. The van der Waals surface area contributed by atoms with Crippen LogP contribution < -0.4 is 5.32 Å². The van der Waals surface area contributed by atoms with Gasteiger partial charge in [-0.2, -0.15) is 13.2 Å². The van der Waals surface area contributed by atoms with Gasteiger partial charge in [-0.05, 0) is 19.1 Å². The van der Waals surface area contributed by atoms with Crippen LogP contribution in [0.3, 0.4) is 0 Å². The Balaban J connectivity index is 2.78. The maximum Gasteiger partial charge on any atom is 0.433 e. The Morgan fingerprint density at radius 2 is 2.18 bits per heavy atom. The van der Waals surface area contributed by atoms with Crippen LogP contribution in [-0.2, 0) is 6.18 Å². The van der Waals surface area contributed by atoms with Gasteiger partial charge < -0.3 is 10.4 Å². The quantitative estimate of drug-likeness (QED) is 0.845. The highest BCUT2D eigenvalue weighted by molar-refractivity contribution is 5.94. The summed E-state index contributed by atoms with van der Waals surface area (Å²) in [6.07, 6.45) is -3.67. The molecule has 2 N–H and O–H groups in total. The largest absolute Gasteiger partial charge is 0.433 e. The van der Waals surface area contributed by atoms with Gasteiger partial charge in [-0.1, -0.05) is 0 Å². The lowest BCUT2D eigenvalue weighted by Gasteiger charge is -2.11. The summed E-state index contributed by atoms with van der Waals surface area (Å²) < 4.78 is 36.6. The van der Waals surface area contributed by atoms with E-state index in [4.69, 9.17) is 5.11 Å². The predicted octanol–water partition coefficient (Wildman–Crippen LogP) is 1.21. The van der Waals surface area contributed by atoms with Crippen LogP contribution in [0.4, 0.5) is 13.2 Å². The molecule has 0 aliphatic heterocycles. The lowest BCUT2D eigenvalue weighted by atomic mass is 10.2. The van der Waals surface area contributed by atoms with E-state index >= 15 is 0 Å². The molecule has 0 fully saturated rings. The summed E-state index contributed by atoms with van der Waals surface area (Å²) in [5.41, 5.74) is -1.04. The third-order valence-electron chi connectivity index (χ3n) is 1.97. The zero-order chi connectivity index (χ0) is 13.1. The Morgan fingerprint density at radius 1 is 1.53 bits per heavy atom. The van der Waals surface area contributed by atoms with Crippen molar-refractivity contribution in [3.8, 4) is 0 Å². The summed E-state index contributed by atoms with van der Waals surface area (Å²) in [5.74, 6) is -0.576. The van der Waals surface area contributed by atoms with Gasteiger partial charge in [-0.3, -0.25) is 9.78 Å². The Hall–Kier alpha value is -1.63. The van der Waals surface area contributed by atoms with Gasteiger partial charge in [0.15, 0.2) is 0 Å². The minimum atomic E-state index is -4.52. The molecule has 0 spiro atoms. The number of nitrogens with one attached hydrogen (secondary N) is 1.